The van der Waals surface area contributed by atoms with Gasteiger partial charge in [0.15, 0.2) is 0 Å². The third-order valence-electron chi connectivity index (χ3n) is 1.88. The standard InChI is InChI=1S/C11H17NO5/c1-4-17-11(16)10(7(2)3)12-8(13)5-6-9(14)15/h5-7,10H,4H2,1-3H3,(H,12,13)(H,14,15). The Morgan fingerprint density at radius 1 is 1.29 bits per heavy atom. The number of ether oxygens (including phenoxy) is 1. The van der Waals surface area contributed by atoms with Crippen molar-refractivity contribution in [2.45, 2.75) is 26.8 Å². The van der Waals surface area contributed by atoms with Crippen LogP contribution in [-0.2, 0) is 19.1 Å². The summed E-state index contributed by atoms with van der Waals surface area (Å²) < 4.78 is 4.80. The lowest BCUT2D eigenvalue weighted by atomic mass is 10.0. The molecule has 1 amide bonds. The average Bonchev–Trinajstić information content (AvgIpc) is 2.22. The van der Waals surface area contributed by atoms with E-state index in [0.29, 0.717) is 6.08 Å². The van der Waals surface area contributed by atoms with Gasteiger partial charge in [0.25, 0.3) is 0 Å². The minimum Gasteiger partial charge on any atom is -0.478 e. The summed E-state index contributed by atoms with van der Waals surface area (Å²) in [5.41, 5.74) is 0. The van der Waals surface area contributed by atoms with Crippen molar-refractivity contribution < 1.29 is 24.2 Å². The molecule has 0 aliphatic carbocycles. The predicted octanol–water partition coefficient (Wildman–Crippen LogP) is 0.331. The molecule has 1 atom stereocenters. The van der Waals surface area contributed by atoms with Crippen LogP contribution in [0.5, 0.6) is 0 Å². The van der Waals surface area contributed by atoms with E-state index < -0.39 is 23.9 Å². The Morgan fingerprint density at radius 2 is 1.88 bits per heavy atom. The number of nitrogens with one attached hydrogen (secondary N) is 1. The minimum absolute atomic E-state index is 0.142. The van der Waals surface area contributed by atoms with Gasteiger partial charge in [-0.1, -0.05) is 13.8 Å². The maximum absolute atomic E-state index is 11.5. The molecule has 0 spiro atoms. The first-order valence-electron chi connectivity index (χ1n) is 5.26. The summed E-state index contributed by atoms with van der Waals surface area (Å²) in [6, 6.07) is -0.777. The summed E-state index contributed by atoms with van der Waals surface area (Å²) in [7, 11) is 0. The SMILES string of the molecule is CCOC(=O)C(NC(=O)C=CC(=O)O)C(C)C. The molecular weight excluding hydrogens is 226 g/mol. The molecule has 6 heteroatoms. The lowest BCUT2D eigenvalue weighted by molar-refractivity contribution is -0.148. The number of hydrogen-bond donors (Lipinski definition) is 2. The summed E-state index contributed by atoms with van der Waals surface area (Å²) in [5, 5.41) is 10.7. The van der Waals surface area contributed by atoms with Crippen molar-refractivity contribution in [2.24, 2.45) is 5.92 Å². The summed E-state index contributed by atoms with van der Waals surface area (Å²) in [5.74, 6) is -2.53. The van der Waals surface area contributed by atoms with E-state index in [1.165, 1.54) is 0 Å². The van der Waals surface area contributed by atoms with Gasteiger partial charge in [-0.15, -0.1) is 0 Å². The highest BCUT2D eigenvalue weighted by molar-refractivity contribution is 5.95. The Morgan fingerprint density at radius 3 is 2.29 bits per heavy atom. The van der Waals surface area contributed by atoms with E-state index >= 15 is 0 Å². The molecule has 0 rings (SSSR count). The maximum atomic E-state index is 11.5. The smallest absolute Gasteiger partial charge is 0.328 e. The maximum Gasteiger partial charge on any atom is 0.328 e. The topological polar surface area (TPSA) is 92.7 Å². The van der Waals surface area contributed by atoms with Crippen LogP contribution in [-0.4, -0.2) is 35.6 Å². The highest BCUT2D eigenvalue weighted by Gasteiger charge is 2.24. The first-order chi connectivity index (χ1) is 7.88. The molecule has 2 N–H and O–H groups in total. The van der Waals surface area contributed by atoms with Crippen molar-refractivity contribution in [3.8, 4) is 0 Å². The molecule has 0 bridgehead atoms. The fourth-order valence-electron chi connectivity index (χ4n) is 1.08. The molecule has 0 aromatic rings. The van der Waals surface area contributed by atoms with Gasteiger partial charge in [-0.2, -0.15) is 0 Å². The highest BCUT2D eigenvalue weighted by atomic mass is 16.5. The number of carboxylic acid groups (broad SMARTS) is 1. The number of hydrogen-bond acceptors (Lipinski definition) is 4. The molecule has 0 aliphatic rings. The van der Waals surface area contributed by atoms with Gasteiger partial charge in [0.05, 0.1) is 6.61 Å². The van der Waals surface area contributed by atoms with Crippen LogP contribution in [0.15, 0.2) is 12.2 Å². The van der Waals surface area contributed by atoms with Crippen molar-refractivity contribution in [1.29, 1.82) is 0 Å². The van der Waals surface area contributed by atoms with Crippen LogP contribution in [0.2, 0.25) is 0 Å². The number of esters is 1. The second-order valence-corrected chi connectivity index (χ2v) is 3.65. The molecular formula is C11H17NO5. The summed E-state index contributed by atoms with van der Waals surface area (Å²) in [6.07, 6.45) is 1.56. The molecule has 0 aromatic heterocycles. The first kappa shape index (κ1) is 15.2. The van der Waals surface area contributed by atoms with Crippen molar-refractivity contribution in [3.63, 3.8) is 0 Å². The van der Waals surface area contributed by atoms with Gasteiger partial charge in [-0.05, 0) is 12.8 Å². The number of amides is 1. The lowest BCUT2D eigenvalue weighted by Gasteiger charge is -2.19. The van der Waals surface area contributed by atoms with Crippen molar-refractivity contribution in [3.05, 3.63) is 12.2 Å². The van der Waals surface area contributed by atoms with Gasteiger partial charge in [-0.3, -0.25) is 4.79 Å². The number of aliphatic carboxylic acids is 1. The van der Waals surface area contributed by atoms with Crippen molar-refractivity contribution in [1.82, 2.24) is 5.32 Å². The van der Waals surface area contributed by atoms with Gasteiger partial charge < -0.3 is 15.2 Å². The van der Waals surface area contributed by atoms with Crippen LogP contribution in [0.1, 0.15) is 20.8 Å². The molecule has 0 heterocycles. The lowest BCUT2D eigenvalue weighted by Crippen LogP contribution is -2.44. The van der Waals surface area contributed by atoms with Gasteiger partial charge >= 0.3 is 11.9 Å². The van der Waals surface area contributed by atoms with E-state index in [-0.39, 0.29) is 12.5 Å². The molecule has 0 radical (unpaired) electrons. The molecule has 17 heavy (non-hydrogen) atoms. The van der Waals surface area contributed by atoms with Gasteiger partial charge in [-0.25, -0.2) is 9.59 Å². The highest BCUT2D eigenvalue weighted by Crippen LogP contribution is 2.04. The zero-order valence-corrected chi connectivity index (χ0v) is 10.1. The van der Waals surface area contributed by atoms with E-state index in [0.717, 1.165) is 6.08 Å². The number of carbonyl (C=O) groups excluding carboxylic acids is 2. The Balaban J connectivity index is 4.50. The molecule has 0 saturated heterocycles. The van der Waals surface area contributed by atoms with E-state index in [9.17, 15) is 14.4 Å². The second kappa shape index (κ2) is 7.43. The van der Waals surface area contributed by atoms with E-state index in [2.05, 4.69) is 5.32 Å². The number of carboxylic acids is 1. The molecule has 0 fully saturated rings. The quantitative estimate of drug-likeness (QED) is 0.518. The van der Waals surface area contributed by atoms with Crippen molar-refractivity contribution in [2.75, 3.05) is 6.61 Å². The molecule has 1 unspecified atom stereocenters. The van der Waals surface area contributed by atoms with Crippen LogP contribution in [0, 0.1) is 5.92 Å². The number of carbonyl (C=O) groups is 3. The Hall–Kier alpha value is -1.85. The van der Waals surface area contributed by atoms with Gasteiger partial charge in [0.1, 0.15) is 6.04 Å². The first-order valence-corrected chi connectivity index (χ1v) is 5.26. The van der Waals surface area contributed by atoms with E-state index in [1.807, 2.05) is 0 Å². The summed E-state index contributed by atoms with van der Waals surface area (Å²) in [6.45, 7) is 5.40. The second-order valence-electron chi connectivity index (χ2n) is 3.65. The Bertz CT molecular complexity index is 322. The molecule has 96 valence electrons. The Labute approximate surface area is 99.6 Å². The van der Waals surface area contributed by atoms with E-state index in [1.54, 1.807) is 20.8 Å². The van der Waals surface area contributed by atoms with E-state index in [4.69, 9.17) is 9.84 Å². The zero-order chi connectivity index (χ0) is 13.4. The molecule has 0 aromatic carbocycles. The number of rotatable bonds is 6. The Kier molecular flexibility index (Phi) is 6.62. The third kappa shape index (κ3) is 6.34. The van der Waals surface area contributed by atoms with Crippen LogP contribution in [0.3, 0.4) is 0 Å². The summed E-state index contributed by atoms with van der Waals surface area (Å²) in [4.78, 5) is 33.0. The van der Waals surface area contributed by atoms with Gasteiger partial charge in [0.2, 0.25) is 5.91 Å². The zero-order valence-electron chi connectivity index (χ0n) is 10.1. The van der Waals surface area contributed by atoms with Crippen LogP contribution in [0.25, 0.3) is 0 Å². The molecule has 0 saturated carbocycles. The van der Waals surface area contributed by atoms with Crippen LogP contribution in [0.4, 0.5) is 0 Å². The minimum atomic E-state index is -1.22. The van der Waals surface area contributed by atoms with Crippen molar-refractivity contribution >= 4 is 17.8 Å². The normalized spacial score (nSPS) is 12.5. The average molecular weight is 243 g/mol. The monoisotopic (exact) mass is 243 g/mol. The van der Waals surface area contributed by atoms with Crippen LogP contribution < -0.4 is 5.32 Å². The fraction of sp³-hybridized carbons (Fsp3) is 0.545. The largest absolute Gasteiger partial charge is 0.478 e. The summed E-state index contributed by atoms with van der Waals surface area (Å²) >= 11 is 0. The predicted molar refractivity (Wildman–Crippen MR) is 60.2 cm³/mol. The fourth-order valence-corrected chi connectivity index (χ4v) is 1.08. The molecule has 0 aliphatic heterocycles. The van der Waals surface area contributed by atoms with Gasteiger partial charge in [0, 0.05) is 12.2 Å². The van der Waals surface area contributed by atoms with Crippen LogP contribution >= 0.6 is 0 Å². The molecule has 6 nitrogen and oxygen atoms in total. The third-order valence-corrected chi connectivity index (χ3v) is 1.88.